The number of ether oxygens (including phenoxy) is 2. The van der Waals surface area contributed by atoms with Crippen molar-refractivity contribution in [1.82, 2.24) is 0 Å². The van der Waals surface area contributed by atoms with Gasteiger partial charge in [0.15, 0.2) is 0 Å². The SMILES string of the molecule is COC1(OC)[NH+]=C(N)[C@]2(C#N)[C@H](c3ccccc3)[NH2+]C(C)=C[C@@]12C#N. The van der Waals surface area contributed by atoms with Crippen LogP contribution in [-0.2, 0) is 9.47 Å². The van der Waals surface area contributed by atoms with Crippen LogP contribution in [0.15, 0.2) is 42.1 Å². The summed E-state index contributed by atoms with van der Waals surface area (Å²) in [7, 11) is 2.85. The Kier molecular flexibility index (Phi) is 3.89. The number of allylic oxidation sites excluding steroid dienone is 1. The maximum atomic E-state index is 10.3. The van der Waals surface area contributed by atoms with Crippen LogP contribution < -0.4 is 16.0 Å². The van der Waals surface area contributed by atoms with Gasteiger partial charge in [-0.25, -0.2) is 4.99 Å². The molecule has 2 aliphatic heterocycles. The van der Waals surface area contributed by atoms with Gasteiger partial charge >= 0.3 is 5.91 Å². The van der Waals surface area contributed by atoms with Gasteiger partial charge in [0, 0.05) is 32.8 Å². The lowest BCUT2D eigenvalue weighted by Gasteiger charge is -2.43. The predicted molar refractivity (Wildman–Crippen MR) is 87.9 cm³/mol. The average Bonchev–Trinajstić information content (AvgIpc) is 2.87. The molecule has 0 bridgehead atoms. The number of nitrogens with one attached hydrogen (secondary N) is 1. The van der Waals surface area contributed by atoms with Crippen LogP contribution in [0.3, 0.4) is 0 Å². The lowest BCUT2D eigenvalue weighted by Crippen LogP contribution is -2.91. The molecule has 128 valence electrons. The number of benzene rings is 1. The Hall–Kier alpha value is -2.71. The summed E-state index contributed by atoms with van der Waals surface area (Å²) >= 11 is 0. The van der Waals surface area contributed by atoms with E-state index in [9.17, 15) is 10.5 Å². The van der Waals surface area contributed by atoms with Gasteiger partial charge in [-0.2, -0.15) is 10.5 Å². The van der Waals surface area contributed by atoms with Gasteiger partial charge in [-0.05, 0) is 0 Å². The van der Waals surface area contributed by atoms with E-state index < -0.39 is 22.8 Å². The topological polar surface area (TPSA) is 123 Å². The molecule has 0 aliphatic carbocycles. The van der Waals surface area contributed by atoms with Crippen molar-refractivity contribution in [2.75, 3.05) is 14.2 Å². The van der Waals surface area contributed by atoms with E-state index in [-0.39, 0.29) is 5.84 Å². The molecule has 0 aromatic heterocycles. The highest BCUT2D eigenvalue weighted by Crippen LogP contribution is 2.56. The first-order valence-electron chi connectivity index (χ1n) is 7.90. The number of nitrogens with two attached hydrogens (primary N) is 2. The van der Waals surface area contributed by atoms with Gasteiger partial charge in [-0.3, -0.25) is 5.73 Å². The van der Waals surface area contributed by atoms with Gasteiger partial charge in [0.1, 0.15) is 11.7 Å². The maximum absolute atomic E-state index is 10.3. The monoisotopic (exact) mass is 339 g/mol. The van der Waals surface area contributed by atoms with E-state index in [2.05, 4.69) is 17.1 Å². The van der Waals surface area contributed by atoms with Crippen molar-refractivity contribution in [2.45, 2.75) is 18.9 Å². The Bertz CT molecular complexity index is 831. The molecule has 2 aliphatic rings. The van der Waals surface area contributed by atoms with Gasteiger partial charge in [0.05, 0.1) is 12.1 Å². The number of hydrogen-bond acceptors (Lipinski definition) is 5. The Morgan fingerprint density at radius 3 is 2.32 bits per heavy atom. The molecule has 25 heavy (non-hydrogen) atoms. The van der Waals surface area contributed by atoms with Crippen LogP contribution in [0.2, 0.25) is 0 Å². The summed E-state index contributed by atoms with van der Waals surface area (Å²) < 4.78 is 11.2. The summed E-state index contributed by atoms with van der Waals surface area (Å²) in [4.78, 5) is 2.95. The molecule has 7 nitrogen and oxygen atoms in total. The third-order valence-corrected chi connectivity index (χ3v) is 5.29. The summed E-state index contributed by atoms with van der Waals surface area (Å²) in [6, 6.07) is 13.7. The van der Waals surface area contributed by atoms with Crippen LogP contribution in [-0.4, -0.2) is 26.0 Å². The molecular weight excluding hydrogens is 318 g/mol. The number of quaternary nitrogens is 1. The highest BCUT2D eigenvalue weighted by molar-refractivity contribution is 5.89. The van der Waals surface area contributed by atoms with Crippen LogP contribution in [0.1, 0.15) is 18.5 Å². The van der Waals surface area contributed by atoms with E-state index in [1.165, 1.54) is 14.2 Å². The Labute approximate surface area is 146 Å². The summed E-state index contributed by atoms with van der Waals surface area (Å²) in [6.45, 7) is 1.89. The van der Waals surface area contributed by atoms with Crippen LogP contribution in [0.5, 0.6) is 0 Å². The second-order valence-corrected chi connectivity index (χ2v) is 6.35. The fourth-order valence-electron chi connectivity index (χ4n) is 4.17. The summed E-state index contributed by atoms with van der Waals surface area (Å²) in [6.07, 6.45) is 1.72. The zero-order valence-corrected chi connectivity index (χ0v) is 14.4. The van der Waals surface area contributed by atoms with Gasteiger partial charge in [-0.15, -0.1) is 0 Å². The summed E-state index contributed by atoms with van der Waals surface area (Å²) in [5.74, 6) is -1.39. The normalized spacial score (nSPS) is 32.8. The Balaban J connectivity index is 2.38. The van der Waals surface area contributed by atoms with Crippen molar-refractivity contribution >= 4 is 5.84 Å². The lowest BCUT2D eigenvalue weighted by atomic mass is 9.57. The van der Waals surface area contributed by atoms with Crippen LogP contribution in [0, 0.1) is 33.5 Å². The van der Waals surface area contributed by atoms with E-state index in [0.29, 0.717) is 0 Å². The summed E-state index contributed by atoms with van der Waals surface area (Å²) in [5, 5.41) is 22.4. The number of rotatable bonds is 3. The van der Waals surface area contributed by atoms with Crippen LogP contribution in [0.25, 0.3) is 0 Å². The highest BCUT2D eigenvalue weighted by Gasteiger charge is 2.81. The van der Waals surface area contributed by atoms with Gasteiger partial charge in [-0.1, -0.05) is 30.3 Å². The Morgan fingerprint density at radius 1 is 1.16 bits per heavy atom. The first-order valence-corrected chi connectivity index (χ1v) is 7.90. The van der Waals surface area contributed by atoms with Gasteiger partial charge < -0.3 is 14.8 Å². The lowest BCUT2D eigenvalue weighted by molar-refractivity contribution is -0.697. The second kappa shape index (κ2) is 5.68. The molecule has 1 aromatic rings. The molecule has 0 spiro atoms. The predicted octanol–water partition coefficient (Wildman–Crippen LogP) is -1.37. The molecule has 3 rings (SSSR count). The van der Waals surface area contributed by atoms with Crippen molar-refractivity contribution in [3.05, 3.63) is 47.7 Å². The molecule has 5 N–H and O–H groups in total. The molecule has 1 aromatic carbocycles. The zero-order chi connectivity index (χ0) is 18.3. The molecule has 3 atom stereocenters. The van der Waals surface area contributed by atoms with Crippen molar-refractivity contribution in [3.63, 3.8) is 0 Å². The standard InChI is InChI=1S/C18H19N5O2/c1-12-9-16(10-19)17(11-20,15(21)23-18(16,24-2)25-3)14(22-12)13-7-5-4-6-8-13/h4-9,14,22H,1-3H3,(H2,21,23)/p+2/t14-,16-,17-/m0/s1. The number of nitrogens with zero attached hydrogens (tertiary/aromatic N) is 2. The third-order valence-electron chi connectivity index (χ3n) is 5.29. The Morgan fingerprint density at radius 2 is 1.80 bits per heavy atom. The van der Waals surface area contributed by atoms with Crippen molar-refractivity contribution < 1.29 is 19.8 Å². The minimum absolute atomic E-state index is 0.161. The molecular formula is C18H21N5O2+2. The molecule has 0 fully saturated rings. The minimum atomic E-state index is -1.55. The molecule has 7 heteroatoms. The minimum Gasteiger partial charge on any atom is -0.316 e. The van der Waals surface area contributed by atoms with E-state index in [1.807, 2.05) is 42.6 Å². The van der Waals surface area contributed by atoms with Crippen molar-refractivity contribution in [1.29, 1.82) is 10.5 Å². The highest BCUT2D eigenvalue weighted by atomic mass is 16.7. The molecule has 0 saturated heterocycles. The maximum Gasteiger partial charge on any atom is 0.346 e. The first-order chi connectivity index (χ1) is 12.0. The summed E-state index contributed by atoms with van der Waals surface area (Å²) in [5.41, 5.74) is 5.23. The van der Waals surface area contributed by atoms with E-state index >= 15 is 0 Å². The van der Waals surface area contributed by atoms with Gasteiger partial charge in [0.25, 0.3) is 5.84 Å². The fourth-order valence-corrected chi connectivity index (χ4v) is 4.17. The van der Waals surface area contributed by atoms with Crippen LogP contribution >= 0.6 is 0 Å². The number of hydrogen-bond donors (Lipinski definition) is 3. The van der Waals surface area contributed by atoms with E-state index in [4.69, 9.17) is 15.2 Å². The molecule has 0 radical (unpaired) electrons. The molecule has 0 unspecified atom stereocenters. The van der Waals surface area contributed by atoms with E-state index in [1.54, 1.807) is 6.08 Å². The molecule has 0 saturated carbocycles. The number of fused-ring (bicyclic) bond motifs is 1. The second-order valence-electron chi connectivity index (χ2n) is 6.35. The zero-order valence-electron chi connectivity index (χ0n) is 14.4. The fraction of sp³-hybridized carbons (Fsp3) is 0.389. The quantitative estimate of drug-likeness (QED) is 0.586. The van der Waals surface area contributed by atoms with Crippen molar-refractivity contribution in [3.8, 4) is 12.1 Å². The molecule has 2 heterocycles. The third kappa shape index (κ3) is 1.86. The molecule has 0 amide bonds. The largest absolute Gasteiger partial charge is 0.346 e. The first kappa shape index (κ1) is 17.1. The van der Waals surface area contributed by atoms with E-state index in [0.717, 1.165) is 11.3 Å². The average molecular weight is 339 g/mol. The number of methoxy groups -OCH3 is 2. The van der Waals surface area contributed by atoms with Crippen LogP contribution in [0.4, 0.5) is 0 Å². The van der Waals surface area contributed by atoms with Crippen molar-refractivity contribution in [2.24, 2.45) is 16.6 Å². The number of amidine groups is 1. The smallest absolute Gasteiger partial charge is 0.316 e. The number of nitriles is 2. The van der Waals surface area contributed by atoms with Gasteiger partial charge in [0.2, 0.25) is 10.8 Å².